The number of imidazole rings is 1. The number of carbonyl (C=O) groups excluding carboxylic acids is 1. The molecule has 0 amide bonds. The molecule has 2 heterocycles. The van der Waals surface area contributed by atoms with Crippen LogP contribution in [0.3, 0.4) is 0 Å². The maximum Gasteiger partial charge on any atom is 0.337 e. The molecule has 0 aliphatic rings. The van der Waals surface area contributed by atoms with Crippen LogP contribution in [0.1, 0.15) is 21.6 Å². The second-order valence-electron chi connectivity index (χ2n) is 5.41. The van der Waals surface area contributed by atoms with Crippen LogP contribution in [0.2, 0.25) is 0 Å². The van der Waals surface area contributed by atoms with E-state index in [1.165, 1.54) is 13.2 Å². The Labute approximate surface area is 138 Å². The van der Waals surface area contributed by atoms with Crippen LogP contribution < -0.4 is 0 Å². The first-order chi connectivity index (χ1) is 11.6. The average molecular weight is 325 g/mol. The molecule has 0 aliphatic carbocycles. The van der Waals surface area contributed by atoms with E-state index >= 15 is 0 Å². The average Bonchev–Trinajstić information content (AvgIpc) is 3.06. The largest absolute Gasteiger partial charge is 0.465 e. The topological polar surface area (TPSA) is 57.0 Å². The molecule has 24 heavy (non-hydrogen) atoms. The monoisotopic (exact) mass is 325 g/mol. The summed E-state index contributed by atoms with van der Waals surface area (Å²) in [7, 11) is 1.34. The highest BCUT2D eigenvalue weighted by molar-refractivity contribution is 5.91. The summed E-state index contributed by atoms with van der Waals surface area (Å²) in [5.41, 5.74) is 3.47. The third-order valence-electron chi connectivity index (χ3n) is 3.70. The minimum absolute atomic E-state index is 0.420. The van der Waals surface area contributed by atoms with Gasteiger partial charge in [0.2, 0.25) is 5.95 Å². The number of ether oxygens (including phenoxy) is 1. The van der Waals surface area contributed by atoms with Crippen LogP contribution in [0.4, 0.5) is 4.39 Å². The van der Waals surface area contributed by atoms with E-state index in [1.54, 1.807) is 37.6 Å². The van der Waals surface area contributed by atoms with Crippen LogP contribution in [0.15, 0.2) is 49.1 Å². The standard InChI is InChI=1S/C18H16FN3O2/c1-12-16(3-4-17(19)21-12)14-7-13(10-22-6-5-20-11-22)8-15(9-14)18(23)24-2/h3-9,11H,10H2,1-2H3. The van der Waals surface area contributed by atoms with Gasteiger partial charge >= 0.3 is 5.97 Å². The van der Waals surface area contributed by atoms with Gasteiger partial charge in [-0.1, -0.05) is 0 Å². The van der Waals surface area contributed by atoms with E-state index in [0.29, 0.717) is 17.8 Å². The molecule has 0 N–H and O–H groups in total. The Morgan fingerprint density at radius 3 is 2.79 bits per heavy atom. The molecule has 1 aromatic carbocycles. The fourth-order valence-electron chi connectivity index (χ4n) is 2.60. The number of hydrogen-bond donors (Lipinski definition) is 0. The minimum atomic E-state index is -0.529. The Morgan fingerprint density at radius 1 is 1.29 bits per heavy atom. The molecular weight excluding hydrogens is 309 g/mol. The van der Waals surface area contributed by atoms with Gasteiger partial charge in [-0.3, -0.25) is 0 Å². The molecule has 0 atom stereocenters. The highest BCUT2D eigenvalue weighted by atomic mass is 19.1. The van der Waals surface area contributed by atoms with Crippen molar-refractivity contribution in [2.75, 3.05) is 7.11 Å². The first-order valence-electron chi connectivity index (χ1n) is 7.38. The van der Waals surface area contributed by atoms with Crippen LogP contribution in [0, 0.1) is 12.9 Å². The molecule has 3 rings (SSSR count). The molecule has 0 unspecified atom stereocenters. The second-order valence-corrected chi connectivity index (χ2v) is 5.41. The van der Waals surface area contributed by atoms with E-state index in [2.05, 4.69) is 9.97 Å². The normalized spacial score (nSPS) is 10.6. The molecule has 0 radical (unpaired) electrons. The van der Waals surface area contributed by atoms with E-state index in [0.717, 1.165) is 16.7 Å². The fraction of sp³-hybridized carbons (Fsp3) is 0.167. The van der Waals surface area contributed by atoms with E-state index in [9.17, 15) is 9.18 Å². The Kier molecular flexibility index (Phi) is 4.37. The van der Waals surface area contributed by atoms with Crippen molar-refractivity contribution in [3.05, 3.63) is 71.8 Å². The highest BCUT2D eigenvalue weighted by Gasteiger charge is 2.12. The summed E-state index contributed by atoms with van der Waals surface area (Å²) in [6.45, 7) is 2.30. The van der Waals surface area contributed by atoms with Gasteiger partial charge in [-0.25, -0.2) is 14.8 Å². The predicted octanol–water partition coefficient (Wildman–Crippen LogP) is 3.23. The van der Waals surface area contributed by atoms with Crippen molar-refractivity contribution in [1.29, 1.82) is 0 Å². The van der Waals surface area contributed by atoms with Crippen LogP contribution in [-0.4, -0.2) is 27.6 Å². The van der Waals surface area contributed by atoms with Gasteiger partial charge in [0.15, 0.2) is 0 Å². The predicted molar refractivity (Wildman–Crippen MR) is 87.0 cm³/mol. The number of pyridine rings is 1. The SMILES string of the molecule is COC(=O)c1cc(Cn2ccnc2)cc(-c2ccc(F)nc2C)c1. The molecule has 0 bridgehead atoms. The number of benzene rings is 1. The van der Waals surface area contributed by atoms with Crippen molar-refractivity contribution >= 4 is 5.97 Å². The van der Waals surface area contributed by atoms with Gasteiger partial charge in [0.05, 0.1) is 19.0 Å². The highest BCUT2D eigenvalue weighted by Crippen LogP contribution is 2.26. The lowest BCUT2D eigenvalue weighted by atomic mass is 9.98. The van der Waals surface area contributed by atoms with Gasteiger partial charge in [0.25, 0.3) is 0 Å². The van der Waals surface area contributed by atoms with Crippen molar-refractivity contribution in [3.8, 4) is 11.1 Å². The first kappa shape index (κ1) is 15.9. The molecule has 0 saturated heterocycles. The van der Waals surface area contributed by atoms with Gasteiger partial charge in [-0.05, 0) is 48.4 Å². The van der Waals surface area contributed by atoms with Crippen molar-refractivity contribution in [3.63, 3.8) is 0 Å². The first-order valence-corrected chi connectivity index (χ1v) is 7.38. The van der Waals surface area contributed by atoms with Gasteiger partial charge < -0.3 is 9.30 Å². The van der Waals surface area contributed by atoms with Crippen LogP contribution >= 0.6 is 0 Å². The number of aryl methyl sites for hydroxylation is 1. The summed E-state index contributed by atoms with van der Waals surface area (Å²) in [4.78, 5) is 19.8. The van der Waals surface area contributed by atoms with Crippen molar-refractivity contribution in [1.82, 2.24) is 14.5 Å². The summed E-state index contributed by atoms with van der Waals surface area (Å²) in [6, 6.07) is 8.43. The zero-order chi connectivity index (χ0) is 17.1. The molecule has 3 aromatic rings. The van der Waals surface area contributed by atoms with Crippen molar-refractivity contribution in [2.24, 2.45) is 0 Å². The maximum atomic E-state index is 13.3. The third-order valence-corrected chi connectivity index (χ3v) is 3.70. The molecule has 0 aliphatic heterocycles. The van der Waals surface area contributed by atoms with Gasteiger partial charge in [0, 0.05) is 30.2 Å². The number of methoxy groups -OCH3 is 1. The number of aromatic nitrogens is 3. The fourth-order valence-corrected chi connectivity index (χ4v) is 2.60. The van der Waals surface area contributed by atoms with Gasteiger partial charge in [0.1, 0.15) is 0 Å². The van der Waals surface area contributed by atoms with E-state index in [-0.39, 0.29) is 0 Å². The molecule has 122 valence electrons. The van der Waals surface area contributed by atoms with Crippen molar-refractivity contribution in [2.45, 2.75) is 13.5 Å². The number of rotatable bonds is 4. The molecule has 0 saturated carbocycles. The smallest absolute Gasteiger partial charge is 0.337 e. The lowest BCUT2D eigenvalue weighted by Crippen LogP contribution is -2.05. The van der Waals surface area contributed by atoms with Crippen LogP contribution in [0.25, 0.3) is 11.1 Å². The van der Waals surface area contributed by atoms with E-state index in [4.69, 9.17) is 4.74 Å². The number of halogens is 1. The molecule has 0 spiro atoms. The molecule has 5 nitrogen and oxygen atoms in total. The molecule has 0 fully saturated rings. The summed E-state index contributed by atoms with van der Waals surface area (Å²) in [5.74, 6) is -0.949. The number of nitrogens with zero attached hydrogens (tertiary/aromatic N) is 3. The number of carbonyl (C=O) groups is 1. The van der Waals surface area contributed by atoms with Crippen LogP contribution in [0.5, 0.6) is 0 Å². The van der Waals surface area contributed by atoms with Gasteiger partial charge in [-0.2, -0.15) is 4.39 Å². The lowest BCUT2D eigenvalue weighted by molar-refractivity contribution is 0.0600. The van der Waals surface area contributed by atoms with Crippen molar-refractivity contribution < 1.29 is 13.9 Å². The summed E-state index contributed by atoms with van der Waals surface area (Å²) in [6.07, 6.45) is 5.24. The Hall–Kier alpha value is -3.02. The van der Waals surface area contributed by atoms with E-state index < -0.39 is 11.9 Å². The minimum Gasteiger partial charge on any atom is -0.465 e. The zero-order valence-electron chi connectivity index (χ0n) is 13.4. The second kappa shape index (κ2) is 6.62. The Bertz CT molecular complexity index is 876. The molecule has 2 aromatic heterocycles. The molecule has 6 heteroatoms. The van der Waals surface area contributed by atoms with Crippen LogP contribution in [-0.2, 0) is 11.3 Å². The summed E-state index contributed by atoms with van der Waals surface area (Å²) < 4.78 is 20.0. The third kappa shape index (κ3) is 3.32. The molecular formula is C18H16FN3O2. The van der Waals surface area contributed by atoms with Gasteiger partial charge in [-0.15, -0.1) is 0 Å². The maximum absolute atomic E-state index is 13.3. The Morgan fingerprint density at radius 2 is 2.12 bits per heavy atom. The zero-order valence-corrected chi connectivity index (χ0v) is 13.4. The quantitative estimate of drug-likeness (QED) is 0.546. The summed E-state index contributed by atoms with van der Waals surface area (Å²) >= 11 is 0. The number of esters is 1. The van der Waals surface area contributed by atoms with E-state index in [1.807, 2.05) is 16.8 Å². The Balaban J connectivity index is 2.08. The lowest BCUT2D eigenvalue weighted by Gasteiger charge is -2.11. The summed E-state index contributed by atoms with van der Waals surface area (Å²) in [5, 5.41) is 0. The number of hydrogen-bond acceptors (Lipinski definition) is 4.